The minimum absolute atomic E-state index is 0.0445. The van der Waals surface area contributed by atoms with Crippen LogP contribution in [0.15, 0.2) is 59.5 Å². The highest BCUT2D eigenvalue weighted by molar-refractivity contribution is 7.89. The number of amides is 1. The Balaban J connectivity index is 1.39. The zero-order valence-corrected chi connectivity index (χ0v) is 18.4. The van der Waals surface area contributed by atoms with Gasteiger partial charge in [-0.1, -0.05) is 55.0 Å². The van der Waals surface area contributed by atoms with E-state index >= 15 is 0 Å². The fourth-order valence-corrected chi connectivity index (χ4v) is 5.87. The van der Waals surface area contributed by atoms with Crippen LogP contribution in [-0.2, 0) is 14.8 Å². The molecule has 1 heterocycles. The topological polar surface area (TPSA) is 66.5 Å². The van der Waals surface area contributed by atoms with Gasteiger partial charge >= 0.3 is 0 Å². The van der Waals surface area contributed by atoms with Gasteiger partial charge < -0.3 is 5.32 Å². The van der Waals surface area contributed by atoms with Crippen LogP contribution in [0.3, 0.4) is 0 Å². The Bertz CT molecular complexity index is 981. The van der Waals surface area contributed by atoms with Crippen LogP contribution in [0.25, 0.3) is 0 Å². The van der Waals surface area contributed by atoms with Gasteiger partial charge in [0.05, 0.1) is 10.9 Å². The van der Waals surface area contributed by atoms with Crippen LogP contribution < -0.4 is 5.32 Å². The molecule has 2 aromatic carbocycles. The molecule has 1 amide bonds. The van der Waals surface area contributed by atoms with Crippen molar-refractivity contribution >= 4 is 15.9 Å². The second-order valence-electron chi connectivity index (χ2n) is 8.77. The van der Waals surface area contributed by atoms with Gasteiger partial charge in [-0.2, -0.15) is 4.31 Å². The van der Waals surface area contributed by atoms with Crippen LogP contribution in [0.2, 0.25) is 0 Å². The molecule has 0 aromatic heterocycles. The second kappa shape index (κ2) is 8.52. The van der Waals surface area contributed by atoms with Crippen molar-refractivity contribution in [3.8, 4) is 0 Å². The summed E-state index contributed by atoms with van der Waals surface area (Å²) in [6.07, 6.45) is 2.24. The number of sulfonamides is 1. The Labute approximate surface area is 179 Å². The maximum atomic E-state index is 13.0. The molecule has 3 unspecified atom stereocenters. The molecule has 2 aliphatic rings. The quantitative estimate of drug-likeness (QED) is 0.762. The molecule has 6 heteroatoms. The Morgan fingerprint density at radius 2 is 1.63 bits per heavy atom. The van der Waals surface area contributed by atoms with E-state index in [1.807, 2.05) is 37.3 Å². The average molecular weight is 427 g/mol. The molecule has 0 spiro atoms. The summed E-state index contributed by atoms with van der Waals surface area (Å²) in [4.78, 5) is 13.3. The highest BCUT2D eigenvalue weighted by atomic mass is 32.2. The molecule has 2 aromatic rings. The van der Waals surface area contributed by atoms with E-state index in [2.05, 4.69) is 24.4 Å². The standard InChI is InChI=1S/C24H30N2O3S/c1-17-8-10-21(11-9-17)30(28,29)26-14-12-20(13-15-26)24(27)25-23(22-16-18(22)2)19-6-4-3-5-7-19/h3-11,18,20,22-23H,12-16H2,1-2H3,(H,25,27). The highest BCUT2D eigenvalue weighted by Gasteiger charge is 2.42. The second-order valence-corrected chi connectivity index (χ2v) is 10.7. The molecule has 2 fully saturated rings. The monoisotopic (exact) mass is 426 g/mol. The van der Waals surface area contributed by atoms with Gasteiger partial charge in [0.2, 0.25) is 15.9 Å². The summed E-state index contributed by atoms with van der Waals surface area (Å²) < 4.78 is 27.3. The van der Waals surface area contributed by atoms with E-state index in [4.69, 9.17) is 0 Å². The smallest absolute Gasteiger partial charge is 0.243 e. The summed E-state index contributed by atoms with van der Waals surface area (Å²) in [6.45, 7) is 4.92. The van der Waals surface area contributed by atoms with Crippen molar-refractivity contribution in [2.75, 3.05) is 13.1 Å². The maximum Gasteiger partial charge on any atom is 0.243 e. The lowest BCUT2D eigenvalue weighted by Crippen LogP contribution is -2.44. The van der Waals surface area contributed by atoms with E-state index in [1.165, 1.54) is 4.31 Å². The summed E-state index contributed by atoms with van der Waals surface area (Å²) >= 11 is 0. The summed E-state index contributed by atoms with van der Waals surface area (Å²) in [7, 11) is -3.50. The summed E-state index contributed by atoms with van der Waals surface area (Å²) in [5.74, 6) is 1.01. The lowest BCUT2D eigenvalue weighted by atomic mass is 9.95. The van der Waals surface area contributed by atoms with Gasteiger partial charge in [-0.05, 0) is 55.7 Å². The van der Waals surface area contributed by atoms with Crippen LogP contribution in [0, 0.1) is 24.7 Å². The molecule has 1 saturated heterocycles. The Hall–Kier alpha value is -2.18. The van der Waals surface area contributed by atoms with E-state index in [1.54, 1.807) is 12.1 Å². The van der Waals surface area contributed by atoms with Crippen molar-refractivity contribution in [1.82, 2.24) is 9.62 Å². The molecule has 1 aliphatic heterocycles. The van der Waals surface area contributed by atoms with Crippen molar-refractivity contribution in [2.45, 2.75) is 44.0 Å². The van der Waals surface area contributed by atoms with Crippen molar-refractivity contribution in [1.29, 1.82) is 0 Å². The Kier molecular flexibility index (Phi) is 5.98. The van der Waals surface area contributed by atoms with Crippen LogP contribution in [0.1, 0.15) is 43.4 Å². The molecule has 0 radical (unpaired) electrons. The first-order valence-electron chi connectivity index (χ1n) is 10.8. The minimum atomic E-state index is -3.50. The van der Waals surface area contributed by atoms with E-state index in [0.29, 0.717) is 42.7 Å². The maximum absolute atomic E-state index is 13.0. The van der Waals surface area contributed by atoms with Crippen molar-refractivity contribution in [3.05, 3.63) is 65.7 Å². The summed E-state index contributed by atoms with van der Waals surface area (Å²) in [6, 6.07) is 17.2. The van der Waals surface area contributed by atoms with Gasteiger partial charge in [0.25, 0.3) is 0 Å². The van der Waals surface area contributed by atoms with Crippen LogP contribution in [0.4, 0.5) is 0 Å². The molecule has 0 bridgehead atoms. The largest absolute Gasteiger partial charge is 0.349 e. The fourth-order valence-electron chi connectivity index (χ4n) is 4.40. The molecule has 5 nitrogen and oxygen atoms in total. The van der Waals surface area contributed by atoms with E-state index in [9.17, 15) is 13.2 Å². The van der Waals surface area contributed by atoms with Gasteiger partial charge in [-0.3, -0.25) is 4.79 Å². The minimum Gasteiger partial charge on any atom is -0.349 e. The normalized spacial score (nSPS) is 23.7. The molecule has 1 aliphatic carbocycles. The van der Waals surface area contributed by atoms with E-state index in [-0.39, 0.29) is 17.9 Å². The first-order chi connectivity index (χ1) is 14.4. The van der Waals surface area contributed by atoms with Crippen LogP contribution >= 0.6 is 0 Å². The average Bonchev–Trinajstić information content (AvgIpc) is 3.49. The SMILES string of the molecule is Cc1ccc(S(=O)(=O)N2CCC(C(=O)NC(c3ccccc3)C3CC3C)CC2)cc1. The summed E-state index contributed by atoms with van der Waals surface area (Å²) in [5, 5.41) is 3.28. The molecule has 30 heavy (non-hydrogen) atoms. The number of aryl methyl sites for hydroxylation is 1. The molecule has 1 saturated carbocycles. The lowest BCUT2D eigenvalue weighted by Gasteiger charge is -2.31. The van der Waals surface area contributed by atoms with Gasteiger partial charge in [0.15, 0.2) is 0 Å². The fraction of sp³-hybridized carbons (Fsp3) is 0.458. The number of carbonyl (C=O) groups is 1. The Morgan fingerprint density at radius 3 is 2.20 bits per heavy atom. The van der Waals surface area contributed by atoms with Crippen molar-refractivity contribution in [2.24, 2.45) is 17.8 Å². The van der Waals surface area contributed by atoms with E-state index < -0.39 is 10.0 Å². The predicted octanol–water partition coefficient (Wildman–Crippen LogP) is 3.91. The number of nitrogens with zero attached hydrogens (tertiary/aromatic N) is 1. The number of rotatable bonds is 6. The third-order valence-electron chi connectivity index (χ3n) is 6.54. The number of hydrogen-bond donors (Lipinski definition) is 1. The number of nitrogens with one attached hydrogen (secondary N) is 1. The third-order valence-corrected chi connectivity index (χ3v) is 8.45. The molecular formula is C24H30N2O3S. The number of piperidine rings is 1. The number of benzene rings is 2. The van der Waals surface area contributed by atoms with Gasteiger partial charge in [-0.15, -0.1) is 0 Å². The molecule has 160 valence electrons. The predicted molar refractivity (Wildman–Crippen MR) is 117 cm³/mol. The third kappa shape index (κ3) is 4.44. The molecule has 1 N–H and O–H groups in total. The van der Waals surface area contributed by atoms with Gasteiger partial charge in [0, 0.05) is 19.0 Å². The summed E-state index contributed by atoms with van der Waals surface area (Å²) in [5.41, 5.74) is 2.18. The number of hydrogen-bond acceptors (Lipinski definition) is 3. The molecule has 4 rings (SSSR count). The molecule has 3 atom stereocenters. The highest BCUT2D eigenvalue weighted by Crippen LogP contribution is 2.47. The van der Waals surface area contributed by atoms with Gasteiger partial charge in [-0.25, -0.2) is 8.42 Å². The number of carbonyl (C=O) groups excluding carboxylic acids is 1. The van der Waals surface area contributed by atoms with E-state index in [0.717, 1.165) is 17.5 Å². The van der Waals surface area contributed by atoms with Crippen LogP contribution in [-0.4, -0.2) is 31.7 Å². The first-order valence-corrected chi connectivity index (χ1v) is 12.2. The first kappa shape index (κ1) is 21.1. The Morgan fingerprint density at radius 1 is 1.03 bits per heavy atom. The zero-order chi connectivity index (χ0) is 21.3. The van der Waals surface area contributed by atoms with Crippen LogP contribution in [0.5, 0.6) is 0 Å². The van der Waals surface area contributed by atoms with Crippen molar-refractivity contribution < 1.29 is 13.2 Å². The van der Waals surface area contributed by atoms with Gasteiger partial charge in [0.1, 0.15) is 0 Å². The van der Waals surface area contributed by atoms with Crippen molar-refractivity contribution in [3.63, 3.8) is 0 Å². The lowest BCUT2D eigenvalue weighted by molar-refractivity contribution is -0.127. The zero-order valence-electron chi connectivity index (χ0n) is 17.6. The molecular weight excluding hydrogens is 396 g/mol.